The third-order valence-electron chi connectivity index (χ3n) is 4.08. The maximum Gasteiger partial charge on any atom is 0.274 e. The minimum Gasteiger partial charge on any atom is -0.329 e. The lowest BCUT2D eigenvalue weighted by atomic mass is 9.90. The van der Waals surface area contributed by atoms with Crippen LogP contribution in [0.3, 0.4) is 0 Å². The Morgan fingerprint density at radius 1 is 1.55 bits per heavy atom. The molecular weight excluding hydrogens is 261 g/mol. The van der Waals surface area contributed by atoms with Crippen LogP contribution in [0.15, 0.2) is 18.2 Å². The van der Waals surface area contributed by atoms with E-state index in [1.807, 2.05) is 0 Å². The second-order valence-electron chi connectivity index (χ2n) is 5.42. The van der Waals surface area contributed by atoms with Gasteiger partial charge in [0.1, 0.15) is 5.82 Å². The fraction of sp³-hybridized carbons (Fsp3) is 0.571. The van der Waals surface area contributed by atoms with E-state index in [4.69, 9.17) is 5.73 Å². The third-order valence-corrected chi connectivity index (χ3v) is 4.08. The highest BCUT2D eigenvalue weighted by atomic mass is 19.1. The molecule has 2 unspecified atom stereocenters. The molecule has 1 aliphatic heterocycles. The lowest BCUT2D eigenvalue weighted by Crippen LogP contribution is -2.48. The topological polar surface area (TPSA) is 72.4 Å². The van der Waals surface area contributed by atoms with E-state index in [1.54, 1.807) is 0 Å². The Labute approximate surface area is 117 Å². The van der Waals surface area contributed by atoms with Gasteiger partial charge < -0.3 is 5.73 Å². The Bertz CT molecular complexity index is 495. The standard InChI is InChI=1S/C14H20FN3O2/c1-10-3-2-6-17(14(10)8-16)9-11-7-12(15)4-5-13(11)18(19)20/h4-5,7,10,14H,2-3,6,8-9,16H2,1H3. The van der Waals surface area contributed by atoms with Crippen molar-refractivity contribution >= 4 is 5.69 Å². The molecule has 2 N–H and O–H groups in total. The molecule has 1 aromatic rings. The Kier molecular flexibility index (Phi) is 4.67. The van der Waals surface area contributed by atoms with Gasteiger partial charge in [-0.3, -0.25) is 15.0 Å². The normalized spacial score (nSPS) is 23.8. The van der Waals surface area contributed by atoms with Crippen LogP contribution in [-0.4, -0.2) is 29.0 Å². The Morgan fingerprint density at radius 3 is 2.95 bits per heavy atom. The average molecular weight is 281 g/mol. The molecule has 1 fully saturated rings. The molecule has 2 rings (SSSR count). The van der Waals surface area contributed by atoms with Gasteiger partial charge in [-0.15, -0.1) is 0 Å². The Morgan fingerprint density at radius 2 is 2.30 bits per heavy atom. The number of nitrogens with zero attached hydrogens (tertiary/aromatic N) is 2. The second kappa shape index (κ2) is 6.28. The number of nitrogens with two attached hydrogens (primary N) is 1. The predicted molar refractivity (Wildman–Crippen MR) is 74.7 cm³/mol. The lowest BCUT2D eigenvalue weighted by Gasteiger charge is -2.39. The highest BCUT2D eigenvalue weighted by molar-refractivity contribution is 5.40. The number of halogens is 1. The molecule has 110 valence electrons. The SMILES string of the molecule is CC1CCCN(Cc2cc(F)ccc2[N+](=O)[O-])C1CN. The van der Waals surface area contributed by atoms with E-state index in [9.17, 15) is 14.5 Å². The summed E-state index contributed by atoms with van der Waals surface area (Å²) < 4.78 is 13.4. The molecular formula is C14H20FN3O2. The number of nitro groups is 1. The van der Waals surface area contributed by atoms with Gasteiger partial charge in [0.15, 0.2) is 0 Å². The van der Waals surface area contributed by atoms with Gasteiger partial charge in [0.25, 0.3) is 5.69 Å². The van der Waals surface area contributed by atoms with Crippen molar-refractivity contribution in [2.75, 3.05) is 13.1 Å². The first kappa shape index (κ1) is 14.9. The third kappa shape index (κ3) is 3.13. The number of likely N-dealkylation sites (tertiary alicyclic amines) is 1. The summed E-state index contributed by atoms with van der Waals surface area (Å²) in [5, 5.41) is 11.0. The molecule has 0 spiro atoms. The van der Waals surface area contributed by atoms with Crippen LogP contribution in [0.5, 0.6) is 0 Å². The maximum absolute atomic E-state index is 13.4. The van der Waals surface area contributed by atoms with Gasteiger partial charge in [0, 0.05) is 30.8 Å². The zero-order valence-electron chi connectivity index (χ0n) is 11.6. The van der Waals surface area contributed by atoms with Crippen LogP contribution in [0, 0.1) is 21.8 Å². The molecule has 5 nitrogen and oxygen atoms in total. The van der Waals surface area contributed by atoms with E-state index in [2.05, 4.69) is 11.8 Å². The van der Waals surface area contributed by atoms with Crippen molar-refractivity contribution in [1.29, 1.82) is 0 Å². The predicted octanol–water partition coefficient (Wildman–Crippen LogP) is 2.29. The molecule has 0 bridgehead atoms. The van der Waals surface area contributed by atoms with Gasteiger partial charge in [-0.2, -0.15) is 0 Å². The van der Waals surface area contributed by atoms with Crippen molar-refractivity contribution in [3.05, 3.63) is 39.7 Å². The summed E-state index contributed by atoms with van der Waals surface area (Å²) in [4.78, 5) is 12.7. The van der Waals surface area contributed by atoms with Gasteiger partial charge in [-0.1, -0.05) is 6.92 Å². The largest absolute Gasteiger partial charge is 0.329 e. The van der Waals surface area contributed by atoms with Crippen molar-refractivity contribution in [2.24, 2.45) is 11.7 Å². The van der Waals surface area contributed by atoms with Crippen LogP contribution in [-0.2, 0) is 6.54 Å². The van der Waals surface area contributed by atoms with Crippen LogP contribution < -0.4 is 5.73 Å². The van der Waals surface area contributed by atoms with Crippen LogP contribution in [0.2, 0.25) is 0 Å². The minimum absolute atomic E-state index is 0.0274. The Hall–Kier alpha value is -1.53. The van der Waals surface area contributed by atoms with Crippen LogP contribution in [0.4, 0.5) is 10.1 Å². The molecule has 0 amide bonds. The first-order valence-electron chi connectivity index (χ1n) is 6.90. The van der Waals surface area contributed by atoms with E-state index in [0.717, 1.165) is 25.5 Å². The summed E-state index contributed by atoms with van der Waals surface area (Å²) >= 11 is 0. The molecule has 1 aromatic carbocycles. The number of nitro benzene ring substituents is 1. The highest BCUT2D eigenvalue weighted by Crippen LogP contribution is 2.27. The number of piperidine rings is 1. The van der Waals surface area contributed by atoms with Crippen molar-refractivity contribution in [3.8, 4) is 0 Å². The lowest BCUT2D eigenvalue weighted by molar-refractivity contribution is -0.385. The fourth-order valence-corrected chi connectivity index (χ4v) is 2.99. The molecule has 20 heavy (non-hydrogen) atoms. The van der Waals surface area contributed by atoms with E-state index < -0.39 is 10.7 Å². The van der Waals surface area contributed by atoms with Crippen molar-refractivity contribution in [1.82, 2.24) is 4.90 Å². The molecule has 0 aromatic heterocycles. The number of benzene rings is 1. The smallest absolute Gasteiger partial charge is 0.274 e. The van der Waals surface area contributed by atoms with E-state index in [1.165, 1.54) is 12.1 Å². The molecule has 0 radical (unpaired) electrons. The minimum atomic E-state index is -0.459. The van der Waals surface area contributed by atoms with Gasteiger partial charge in [0.2, 0.25) is 0 Å². The van der Waals surface area contributed by atoms with Crippen LogP contribution in [0.1, 0.15) is 25.3 Å². The van der Waals surface area contributed by atoms with Crippen LogP contribution in [0.25, 0.3) is 0 Å². The molecule has 0 saturated carbocycles. The second-order valence-corrected chi connectivity index (χ2v) is 5.42. The van der Waals surface area contributed by atoms with Crippen molar-refractivity contribution in [2.45, 2.75) is 32.4 Å². The molecule has 0 aliphatic carbocycles. The maximum atomic E-state index is 13.4. The average Bonchev–Trinajstić information content (AvgIpc) is 2.38. The molecule has 1 heterocycles. The van der Waals surface area contributed by atoms with E-state index in [0.29, 0.717) is 24.6 Å². The number of hydrogen-bond acceptors (Lipinski definition) is 4. The molecule has 1 saturated heterocycles. The quantitative estimate of drug-likeness (QED) is 0.679. The van der Waals surface area contributed by atoms with Gasteiger partial charge in [-0.05, 0) is 37.4 Å². The number of hydrogen-bond donors (Lipinski definition) is 1. The van der Waals surface area contributed by atoms with E-state index in [-0.39, 0.29) is 11.7 Å². The molecule has 1 aliphatic rings. The summed E-state index contributed by atoms with van der Waals surface area (Å²) in [5.74, 6) is 0.0151. The first-order valence-corrected chi connectivity index (χ1v) is 6.90. The zero-order chi connectivity index (χ0) is 14.7. The Balaban J connectivity index is 2.24. The highest BCUT2D eigenvalue weighted by Gasteiger charge is 2.29. The van der Waals surface area contributed by atoms with E-state index >= 15 is 0 Å². The van der Waals surface area contributed by atoms with Gasteiger partial charge >= 0.3 is 0 Å². The molecule has 6 heteroatoms. The van der Waals surface area contributed by atoms with Gasteiger partial charge in [-0.25, -0.2) is 4.39 Å². The summed E-state index contributed by atoms with van der Waals surface area (Å²) in [6, 6.07) is 3.81. The van der Waals surface area contributed by atoms with Crippen LogP contribution >= 0.6 is 0 Å². The van der Waals surface area contributed by atoms with Gasteiger partial charge in [0.05, 0.1) is 4.92 Å². The van der Waals surface area contributed by atoms with Crippen molar-refractivity contribution < 1.29 is 9.31 Å². The zero-order valence-corrected chi connectivity index (χ0v) is 11.6. The summed E-state index contributed by atoms with van der Waals surface area (Å²) in [7, 11) is 0. The molecule has 2 atom stereocenters. The first-order chi connectivity index (χ1) is 9.52. The number of rotatable bonds is 4. The summed E-state index contributed by atoms with van der Waals surface area (Å²) in [5.41, 5.74) is 6.21. The summed E-state index contributed by atoms with van der Waals surface area (Å²) in [6.45, 7) is 3.88. The van der Waals surface area contributed by atoms with Crippen molar-refractivity contribution in [3.63, 3.8) is 0 Å². The summed E-state index contributed by atoms with van der Waals surface area (Å²) in [6.07, 6.45) is 2.16. The fourth-order valence-electron chi connectivity index (χ4n) is 2.99. The monoisotopic (exact) mass is 281 g/mol.